The lowest BCUT2D eigenvalue weighted by atomic mass is 9.95. The van der Waals surface area contributed by atoms with Crippen molar-refractivity contribution in [2.75, 3.05) is 0 Å². The zero-order valence-corrected chi connectivity index (χ0v) is 13.5. The highest BCUT2D eigenvalue weighted by atomic mass is 19.1. The molecule has 0 amide bonds. The molecule has 1 radical (unpaired) electrons. The van der Waals surface area contributed by atoms with Crippen molar-refractivity contribution in [3.63, 3.8) is 0 Å². The van der Waals surface area contributed by atoms with Crippen molar-refractivity contribution in [1.29, 1.82) is 0 Å². The van der Waals surface area contributed by atoms with E-state index in [0.717, 1.165) is 22.3 Å². The van der Waals surface area contributed by atoms with Gasteiger partial charge in [-0.05, 0) is 40.5 Å². The Bertz CT molecular complexity index is 945. The standard InChI is InChI=1S/C22H16FN2/c23-21-11-9-17(10-12-21)19-7-4-8-20(15-19)22(25-14-13-24-16-25)18-5-2-1-3-6-18/h1-14,16,22H. The maximum absolute atomic E-state index is 13.2. The molecule has 121 valence electrons. The topological polar surface area (TPSA) is 17.8 Å². The van der Waals surface area contributed by atoms with E-state index >= 15 is 0 Å². The van der Waals surface area contributed by atoms with E-state index in [4.69, 9.17) is 0 Å². The fraction of sp³-hybridized carbons (Fsp3) is 0.0455. The van der Waals surface area contributed by atoms with Crippen LogP contribution in [0.1, 0.15) is 17.2 Å². The Morgan fingerprint density at radius 2 is 1.68 bits per heavy atom. The summed E-state index contributed by atoms with van der Waals surface area (Å²) in [5, 5.41) is 0. The first kappa shape index (κ1) is 15.3. The maximum Gasteiger partial charge on any atom is 0.123 e. The summed E-state index contributed by atoms with van der Waals surface area (Å²) in [6.45, 7) is 0. The molecule has 4 aromatic rings. The predicted octanol–water partition coefficient (Wildman–Crippen LogP) is 5.13. The largest absolute Gasteiger partial charge is 0.326 e. The Hall–Kier alpha value is -3.20. The van der Waals surface area contributed by atoms with Crippen molar-refractivity contribution >= 4 is 0 Å². The van der Waals surface area contributed by atoms with Gasteiger partial charge in [-0.3, -0.25) is 0 Å². The molecule has 3 aromatic carbocycles. The molecular formula is C22H16FN2. The molecule has 25 heavy (non-hydrogen) atoms. The van der Waals surface area contributed by atoms with Gasteiger partial charge in [0.25, 0.3) is 0 Å². The molecule has 0 fully saturated rings. The second kappa shape index (κ2) is 6.73. The number of benzene rings is 3. The Morgan fingerprint density at radius 1 is 0.880 bits per heavy atom. The van der Waals surface area contributed by atoms with Crippen molar-refractivity contribution in [3.8, 4) is 11.1 Å². The highest BCUT2D eigenvalue weighted by Gasteiger charge is 2.16. The molecule has 0 aliphatic rings. The number of nitrogens with zero attached hydrogens (tertiary/aromatic N) is 2. The van der Waals surface area contributed by atoms with E-state index in [9.17, 15) is 4.39 Å². The first-order chi connectivity index (χ1) is 12.3. The van der Waals surface area contributed by atoms with Crippen LogP contribution in [-0.4, -0.2) is 9.55 Å². The van der Waals surface area contributed by atoms with Crippen LogP contribution in [0, 0.1) is 11.9 Å². The SMILES string of the molecule is Fc1ccc(-c2[c]c(C(c3ccccc3)n3ccnc3)ccc2)cc1. The van der Waals surface area contributed by atoms with Crippen molar-refractivity contribution < 1.29 is 4.39 Å². The quantitative estimate of drug-likeness (QED) is 0.508. The van der Waals surface area contributed by atoms with E-state index in [2.05, 4.69) is 33.8 Å². The van der Waals surface area contributed by atoms with E-state index in [0.29, 0.717) is 0 Å². The van der Waals surface area contributed by atoms with E-state index in [1.165, 1.54) is 12.1 Å². The summed E-state index contributed by atoms with van der Waals surface area (Å²) in [6.07, 6.45) is 5.55. The molecule has 1 atom stereocenters. The van der Waals surface area contributed by atoms with Crippen molar-refractivity contribution in [1.82, 2.24) is 9.55 Å². The van der Waals surface area contributed by atoms with Crippen LogP contribution in [0.5, 0.6) is 0 Å². The molecule has 0 aliphatic heterocycles. The summed E-state index contributed by atoms with van der Waals surface area (Å²) in [6, 6.07) is 26.3. The fourth-order valence-electron chi connectivity index (χ4n) is 3.01. The van der Waals surface area contributed by atoms with Gasteiger partial charge in [-0.1, -0.05) is 60.7 Å². The predicted molar refractivity (Wildman–Crippen MR) is 96.6 cm³/mol. The van der Waals surface area contributed by atoms with E-state index in [-0.39, 0.29) is 11.9 Å². The van der Waals surface area contributed by atoms with Crippen LogP contribution in [0.25, 0.3) is 11.1 Å². The van der Waals surface area contributed by atoms with Gasteiger partial charge in [0, 0.05) is 12.4 Å². The molecule has 4 rings (SSSR count). The van der Waals surface area contributed by atoms with Gasteiger partial charge in [0.05, 0.1) is 12.4 Å². The second-order valence-electron chi connectivity index (χ2n) is 5.85. The number of hydrogen-bond acceptors (Lipinski definition) is 1. The minimum atomic E-state index is -0.236. The molecule has 1 aromatic heterocycles. The van der Waals surface area contributed by atoms with Gasteiger partial charge in [0.15, 0.2) is 0 Å². The molecule has 1 unspecified atom stereocenters. The normalized spacial score (nSPS) is 12.0. The number of aromatic nitrogens is 2. The highest BCUT2D eigenvalue weighted by Crippen LogP contribution is 2.29. The zero-order valence-electron chi connectivity index (χ0n) is 13.5. The molecule has 0 N–H and O–H groups in total. The molecule has 2 nitrogen and oxygen atoms in total. The Kier molecular flexibility index (Phi) is 4.13. The highest BCUT2D eigenvalue weighted by molar-refractivity contribution is 5.63. The van der Waals surface area contributed by atoms with Gasteiger partial charge < -0.3 is 4.57 Å². The minimum Gasteiger partial charge on any atom is -0.326 e. The van der Waals surface area contributed by atoms with Crippen LogP contribution >= 0.6 is 0 Å². The summed E-state index contributed by atoms with van der Waals surface area (Å²) in [5.41, 5.74) is 4.08. The zero-order chi connectivity index (χ0) is 17.1. The molecule has 0 saturated carbocycles. The number of hydrogen-bond donors (Lipinski definition) is 0. The fourth-order valence-corrected chi connectivity index (χ4v) is 3.01. The monoisotopic (exact) mass is 327 g/mol. The van der Waals surface area contributed by atoms with Gasteiger partial charge in [-0.2, -0.15) is 0 Å². The average molecular weight is 327 g/mol. The Balaban J connectivity index is 1.80. The number of imidazole rings is 1. The van der Waals surface area contributed by atoms with Crippen LogP contribution in [0.3, 0.4) is 0 Å². The lowest BCUT2D eigenvalue weighted by molar-refractivity contribution is 0.628. The third-order valence-electron chi connectivity index (χ3n) is 4.21. The first-order valence-electron chi connectivity index (χ1n) is 8.12. The molecule has 0 aliphatic carbocycles. The van der Waals surface area contributed by atoms with Crippen LogP contribution in [0.2, 0.25) is 0 Å². The van der Waals surface area contributed by atoms with Gasteiger partial charge in [-0.25, -0.2) is 9.37 Å². The third-order valence-corrected chi connectivity index (χ3v) is 4.21. The average Bonchev–Trinajstić information content (AvgIpc) is 3.18. The van der Waals surface area contributed by atoms with Gasteiger partial charge >= 0.3 is 0 Å². The van der Waals surface area contributed by atoms with Crippen molar-refractivity contribution in [2.24, 2.45) is 0 Å². The van der Waals surface area contributed by atoms with Crippen LogP contribution < -0.4 is 0 Å². The smallest absolute Gasteiger partial charge is 0.123 e. The first-order valence-corrected chi connectivity index (χ1v) is 8.12. The molecule has 0 saturated heterocycles. The second-order valence-corrected chi connectivity index (χ2v) is 5.85. The molecule has 0 spiro atoms. The van der Waals surface area contributed by atoms with Gasteiger partial charge in [-0.15, -0.1) is 0 Å². The number of rotatable bonds is 4. The lowest BCUT2D eigenvalue weighted by Gasteiger charge is -2.20. The van der Waals surface area contributed by atoms with E-state index < -0.39 is 0 Å². The third kappa shape index (κ3) is 3.22. The summed E-state index contributed by atoms with van der Waals surface area (Å²) >= 11 is 0. The number of halogens is 1. The maximum atomic E-state index is 13.2. The van der Waals surface area contributed by atoms with Gasteiger partial charge in [0.2, 0.25) is 0 Å². The van der Waals surface area contributed by atoms with Gasteiger partial charge in [0.1, 0.15) is 5.82 Å². The minimum absolute atomic E-state index is 0.0101. The van der Waals surface area contributed by atoms with Crippen molar-refractivity contribution in [2.45, 2.75) is 6.04 Å². The van der Waals surface area contributed by atoms with Crippen LogP contribution in [0.4, 0.5) is 4.39 Å². The summed E-state index contributed by atoms with van der Waals surface area (Å²) in [4.78, 5) is 4.19. The van der Waals surface area contributed by atoms with Crippen LogP contribution in [0.15, 0.2) is 91.5 Å². The molecular weight excluding hydrogens is 311 g/mol. The van der Waals surface area contributed by atoms with E-state index in [1.54, 1.807) is 18.3 Å². The summed E-state index contributed by atoms with van der Waals surface area (Å²) in [5.74, 6) is -0.236. The van der Waals surface area contributed by atoms with Crippen molar-refractivity contribution in [3.05, 3.63) is 115 Å². The lowest BCUT2D eigenvalue weighted by Crippen LogP contribution is -2.10. The van der Waals surface area contributed by atoms with E-state index in [1.807, 2.05) is 42.9 Å². The molecule has 3 heteroatoms. The Morgan fingerprint density at radius 3 is 2.40 bits per heavy atom. The summed E-state index contributed by atoms with van der Waals surface area (Å²) in [7, 11) is 0. The molecule has 0 bridgehead atoms. The Labute approximate surface area is 146 Å². The molecule has 1 heterocycles. The summed E-state index contributed by atoms with van der Waals surface area (Å²) < 4.78 is 15.3. The van der Waals surface area contributed by atoms with Crippen LogP contribution in [-0.2, 0) is 0 Å².